The van der Waals surface area contributed by atoms with E-state index < -0.39 is 11.7 Å². The first-order valence-electron chi connectivity index (χ1n) is 15.5. The van der Waals surface area contributed by atoms with Crippen LogP contribution in [0.3, 0.4) is 0 Å². The molecule has 0 atom stereocenters. The number of aryl methyl sites for hydroxylation is 2. The third kappa shape index (κ3) is 7.72. The third-order valence-corrected chi connectivity index (χ3v) is 8.07. The molecule has 3 amide bonds. The zero-order valence-electron chi connectivity index (χ0n) is 27.4. The number of pyridine rings is 1. The summed E-state index contributed by atoms with van der Waals surface area (Å²) >= 11 is 0. The fourth-order valence-electron chi connectivity index (χ4n) is 5.49. The average molecular weight is 610 g/mol. The minimum Gasteiger partial charge on any atom is -0.494 e. The molecule has 4 rings (SSSR count). The number of anilines is 1. The molecular formula is C34H51N5O5. The molecule has 10 heteroatoms. The van der Waals surface area contributed by atoms with Gasteiger partial charge in [-0.2, -0.15) is 0 Å². The molecular weight excluding hydrogens is 558 g/mol. The van der Waals surface area contributed by atoms with Crippen molar-refractivity contribution in [3.8, 4) is 5.75 Å². The maximum absolute atomic E-state index is 13.7. The first kappa shape index (κ1) is 32.9. The molecule has 0 radical (unpaired) electrons. The van der Waals surface area contributed by atoms with Gasteiger partial charge in [-0.05, 0) is 113 Å². The van der Waals surface area contributed by atoms with E-state index in [1.54, 1.807) is 34.1 Å². The van der Waals surface area contributed by atoms with Crippen LogP contribution in [0.15, 0.2) is 41.2 Å². The van der Waals surface area contributed by atoms with Crippen molar-refractivity contribution in [3.05, 3.63) is 69.0 Å². The number of aromatic nitrogens is 1. The Labute approximate surface area is 263 Å². The highest BCUT2D eigenvalue weighted by Crippen LogP contribution is 2.27. The number of hydrogen-bond acceptors (Lipinski definition) is 6. The molecule has 1 aliphatic heterocycles. The summed E-state index contributed by atoms with van der Waals surface area (Å²) in [6.45, 7) is 19.8. The number of likely N-dealkylation sites (tertiary alicyclic amines) is 1. The normalized spacial score (nSPS) is 13.6. The number of H-pyrrole nitrogens is 1. The van der Waals surface area contributed by atoms with Crippen molar-refractivity contribution in [2.45, 2.75) is 80.1 Å². The standard InChI is InChI=1S/C34H47N5O5.2H2/c1-9-37(10-2)21-29-22(4)16-24-17-25(31(40)36-30(24)23(29)5)18-39(27-19-38(20-27)33(42)44-34(6,7)8)32(41)35-26-12-14-28(15-13-26)43-11-3;;/h12-17,27H,9-11,18-21H2,1-8H3,(H,35,41)(H,36,40);2*1H. The van der Waals surface area contributed by atoms with E-state index in [-0.39, 0.29) is 27.0 Å². The second kappa shape index (κ2) is 13.7. The van der Waals surface area contributed by atoms with Crippen LogP contribution in [-0.4, -0.2) is 76.2 Å². The molecule has 1 aromatic heterocycles. The Bertz CT molecular complexity index is 1540. The highest BCUT2D eigenvalue weighted by molar-refractivity contribution is 5.90. The SMILES string of the molecule is CCOc1ccc(NC(=O)N(Cc2cc3cc(C)c(CN(CC)CC)c(C)c3[nH]c2=O)C2CN(C(=O)OC(C)(C)C)C2)cc1.[HH].[HH]. The molecule has 0 spiro atoms. The zero-order valence-corrected chi connectivity index (χ0v) is 27.4. The van der Waals surface area contributed by atoms with E-state index in [0.29, 0.717) is 36.7 Å². The summed E-state index contributed by atoms with van der Waals surface area (Å²) in [4.78, 5) is 48.4. The first-order chi connectivity index (χ1) is 20.8. The average Bonchev–Trinajstić information content (AvgIpc) is 2.93. The molecule has 10 nitrogen and oxygen atoms in total. The van der Waals surface area contributed by atoms with Crippen LogP contribution in [-0.2, 0) is 17.8 Å². The smallest absolute Gasteiger partial charge is 0.410 e. The van der Waals surface area contributed by atoms with E-state index in [9.17, 15) is 14.4 Å². The fraction of sp³-hybridized carbons (Fsp3) is 0.500. The van der Waals surface area contributed by atoms with Crippen molar-refractivity contribution < 1.29 is 21.9 Å². The molecule has 1 fully saturated rings. The molecule has 2 N–H and O–H groups in total. The van der Waals surface area contributed by atoms with Gasteiger partial charge >= 0.3 is 12.1 Å². The van der Waals surface area contributed by atoms with E-state index in [0.717, 1.165) is 41.7 Å². The molecule has 2 heterocycles. The van der Waals surface area contributed by atoms with Gasteiger partial charge in [0.1, 0.15) is 11.4 Å². The molecule has 1 aliphatic rings. The predicted octanol–water partition coefficient (Wildman–Crippen LogP) is 6.53. The number of hydrogen-bond donors (Lipinski definition) is 2. The van der Waals surface area contributed by atoms with Crippen LogP contribution in [0.5, 0.6) is 5.75 Å². The minimum atomic E-state index is -0.618. The number of amides is 3. The van der Waals surface area contributed by atoms with Gasteiger partial charge in [0.05, 0.1) is 24.7 Å². The topological polar surface area (TPSA) is 107 Å². The van der Waals surface area contributed by atoms with Gasteiger partial charge in [0, 0.05) is 33.7 Å². The lowest BCUT2D eigenvalue weighted by Crippen LogP contribution is -2.63. The van der Waals surface area contributed by atoms with E-state index in [2.05, 4.69) is 49.0 Å². The zero-order chi connectivity index (χ0) is 32.2. The predicted molar refractivity (Wildman–Crippen MR) is 179 cm³/mol. The maximum atomic E-state index is 13.7. The number of urea groups is 1. The molecule has 3 aromatic rings. The number of fused-ring (bicyclic) bond motifs is 1. The summed E-state index contributed by atoms with van der Waals surface area (Å²) in [5.41, 5.74) is 4.49. The van der Waals surface area contributed by atoms with E-state index >= 15 is 0 Å². The number of carbonyl (C=O) groups excluding carboxylic acids is 2. The summed E-state index contributed by atoms with van der Waals surface area (Å²) in [5.74, 6) is 0.711. The fourth-order valence-corrected chi connectivity index (χ4v) is 5.49. The van der Waals surface area contributed by atoms with Crippen LogP contribution in [0.2, 0.25) is 0 Å². The number of nitrogens with one attached hydrogen (secondary N) is 2. The second-order valence-corrected chi connectivity index (χ2v) is 12.4. The highest BCUT2D eigenvalue weighted by Gasteiger charge is 2.39. The molecule has 242 valence electrons. The molecule has 0 bridgehead atoms. The minimum absolute atomic E-state index is 0. The van der Waals surface area contributed by atoms with Gasteiger partial charge in [0.15, 0.2) is 0 Å². The van der Waals surface area contributed by atoms with Crippen LogP contribution in [0.4, 0.5) is 15.3 Å². The Hall–Kier alpha value is -4.05. The van der Waals surface area contributed by atoms with Crippen LogP contribution >= 0.6 is 0 Å². The van der Waals surface area contributed by atoms with Gasteiger partial charge < -0.3 is 29.6 Å². The number of ether oxygens (including phenoxy) is 2. The molecule has 0 aliphatic carbocycles. The van der Waals surface area contributed by atoms with Crippen molar-refractivity contribution >= 4 is 28.7 Å². The van der Waals surface area contributed by atoms with Crippen molar-refractivity contribution in [3.63, 3.8) is 0 Å². The number of nitrogens with zero attached hydrogens (tertiary/aromatic N) is 3. The van der Waals surface area contributed by atoms with Gasteiger partial charge in [0.25, 0.3) is 5.56 Å². The first-order valence-corrected chi connectivity index (χ1v) is 15.5. The summed E-state index contributed by atoms with van der Waals surface area (Å²) in [7, 11) is 0. The quantitative estimate of drug-likeness (QED) is 0.271. The lowest BCUT2D eigenvalue weighted by Gasteiger charge is -2.45. The third-order valence-electron chi connectivity index (χ3n) is 8.07. The Balaban J connectivity index is 0.00000368. The van der Waals surface area contributed by atoms with Crippen molar-refractivity contribution in [1.82, 2.24) is 19.7 Å². The van der Waals surface area contributed by atoms with Crippen molar-refractivity contribution in [1.29, 1.82) is 0 Å². The summed E-state index contributed by atoms with van der Waals surface area (Å²) in [6.07, 6.45) is -0.421. The lowest BCUT2D eigenvalue weighted by atomic mass is 9.97. The van der Waals surface area contributed by atoms with E-state index in [1.807, 2.05) is 33.8 Å². The largest absolute Gasteiger partial charge is 0.494 e. The number of rotatable bonds is 10. The second-order valence-electron chi connectivity index (χ2n) is 12.4. The monoisotopic (exact) mass is 609 g/mol. The van der Waals surface area contributed by atoms with Gasteiger partial charge in [-0.1, -0.05) is 13.8 Å². The van der Waals surface area contributed by atoms with Gasteiger partial charge in [-0.25, -0.2) is 9.59 Å². The Morgan fingerprint density at radius 3 is 2.30 bits per heavy atom. The van der Waals surface area contributed by atoms with Crippen LogP contribution < -0.4 is 15.6 Å². The molecule has 44 heavy (non-hydrogen) atoms. The van der Waals surface area contributed by atoms with Crippen LogP contribution in [0, 0.1) is 13.8 Å². The number of benzene rings is 2. The van der Waals surface area contributed by atoms with Gasteiger partial charge in [-0.3, -0.25) is 9.69 Å². The highest BCUT2D eigenvalue weighted by atomic mass is 16.6. The van der Waals surface area contributed by atoms with Crippen LogP contribution in [0.1, 0.15) is 66.6 Å². The van der Waals surface area contributed by atoms with Crippen molar-refractivity contribution in [2.24, 2.45) is 0 Å². The van der Waals surface area contributed by atoms with E-state index in [4.69, 9.17) is 9.47 Å². The Morgan fingerprint density at radius 2 is 1.70 bits per heavy atom. The number of carbonyl (C=O) groups is 2. The molecule has 1 saturated heterocycles. The summed E-state index contributed by atoms with van der Waals surface area (Å²) in [6, 6.07) is 10.5. The summed E-state index contributed by atoms with van der Waals surface area (Å²) < 4.78 is 11.0. The molecule has 2 aromatic carbocycles. The van der Waals surface area contributed by atoms with Gasteiger partial charge in [-0.15, -0.1) is 0 Å². The van der Waals surface area contributed by atoms with E-state index in [1.165, 1.54) is 5.56 Å². The number of aromatic amines is 1. The maximum Gasteiger partial charge on any atom is 0.410 e. The Kier molecular flexibility index (Phi) is 10.2. The van der Waals surface area contributed by atoms with Gasteiger partial charge in [0.2, 0.25) is 0 Å². The summed E-state index contributed by atoms with van der Waals surface area (Å²) in [5, 5.41) is 3.88. The Morgan fingerprint density at radius 1 is 1.05 bits per heavy atom. The molecule has 0 saturated carbocycles. The molecule has 0 unspecified atom stereocenters. The lowest BCUT2D eigenvalue weighted by molar-refractivity contribution is -0.00874. The van der Waals surface area contributed by atoms with Crippen molar-refractivity contribution in [2.75, 3.05) is 38.1 Å². The van der Waals surface area contributed by atoms with Crippen LogP contribution in [0.25, 0.3) is 10.9 Å².